The molecule has 4 aliphatic rings. The number of fused-ring (bicyclic) bond motifs is 2. The fraction of sp³-hybridized carbons (Fsp3) is 0.490. The Labute approximate surface area is 445 Å². The molecule has 0 radical (unpaired) electrons. The minimum absolute atomic E-state index is 0.187. The number of nitrogens with one attached hydrogen (secondary N) is 4. The highest BCUT2D eigenvalue weighted by atomic mass is 19.4. The molecule has 28 heteroatoms. The number of methoxy groups -OCH3 is 1. The number of benzene rings is 2. The fourth-order valence-electron chi connectivity index (χ4n) is 9.33. The molecule has 0 aliphatic carbocycles. The molecular formula is C51H56F10N10O8. The number of piperazine rings is 1. The van der Waals surface area contributed by atoms with E-state index < -0.39 is 115 Å². The van der Waals surface area contributed by atoms with E-state index in [1.807, 2.05) is 22.9 Å². The van der Waals surface area contributed by atoms with E-state index in [1.165, 1.54) is 29.6 Å². The Balaban J connectivity index is 1.17. The Kier molecular flexibility index (Phi) is 17.8. The van der Waals surface area contributed by atoms with E-state index in [1.54, 1.807) is 6.20 Å². The Morgan fingerprint density at radius 3 is 1.91 bits per heavy atom. The molecule has 18 nitrogen and oxygen atoms in total. The van der Waals surface area contributed by atoms with Crippen LogP contribution in [-0.4, -0.2) is 154 Å². The summed E-state index contributed by atoms with van der Waals surface area (Å²) < 4.78 is 155. The van der Waals surface area contributed by atoms with Gasteiger partial charge >= 0.3 is 31.1 Å². The molecule has 0 saturated carbocycles. The zero-order valence-corrected chi connectivity index (χ0v) is 42.9. The highest BCUT2D eigenvalue weighted by molar-refractivity contribution is 5.87. The molecule has 4 aromatic rings. The lowest BCUT2D eigenvalue weighted by Gasteiger charge is -2.60. The lowest BCUT2D eigenvalue weighted by atomic mass is 9.82. The smallest absolute Gasteiger partial charge is 0.407 e. The van der Waals surface area contributed by atoms with Crippen molar-refractivity contribution >= 4 is 29.8 Å². The van der Waals surface area contributed by atoms with Gasteiger partial charge in [0.2, 0.25) is 5.91 Å². The molecule has 2 bridgehead atoms. The van der Waals surface area contributed by atoms with Crippen LogP contribution in [0, 0.1) is 34.3 Å². The van der Waals surface area contributed by atoms with Crippen molar-refractivity contribution in [1.29, 1.82) is 0 Å². The van der Waals surface area contributed by atoms with Gasteiger partial charge in [-0.05, 0) is 88.6 Å². The van der Waals surface area contributed by atoms with Crippen molar-refractivity contribution in [3.05, 3.63) is 101 Å². The van der Waals surface area contributed by atoms with Gasteiger partial charge in [0.25, 0.3) is 5.91 Å². The third-order valence-electron chi connectivity index (χ3n) is 14.3. The summed E-state index contributed by atoms with van der Waals surface area (Å²) in [5.74, 6) is 0.577. The summed E-state index contributed by atoms with van der Waals surface area (Å²) in [6.45, 7) is -0.211. The Morgan fingerprint density at radius 2 is 1.41 bits per heavy atom. The van der Waals surface area contributed by atoms with E-state index in [0.29, 0.717) is 74.1 Å². The number of aliphatic hydroxyl groups is 1. The number of halogens is 10. The number of carbonyl (C=O) groups excluding carboxylic acids is 3. The Hall–Kier alpha value is -7.22. The molecule has 4 fully saturated rings. The van der Waals surface area contributed by atoms with Gasteiger partial charge in [-0.1, -0.05) is 24.0 Å². The van der Waals surface area contributed by atoms with E-state index in [4.69, 9.17) is 4.74 Å². The number of carbonyl (C=O) groups is 4. The summed E-state index contributed by atoms with van der Waals surface area (Å²) in [5.41, 5.74) is -4.68. The molecule has 8 rings (SSSR count). The number of anilines is 1. The maximum Gasteiger partial charge on any atom is 0.407 e. The summed E-state index contributed by atoms with van der Waals surface area (Å²) >= 11 is 0. The number of rotatable bonds is 19. The van der Waals surface area contributed by atoms with Crippen molar-refractivity contribution < 1.29 is 82.8 Å². The maximum absolute atomic E-state index is 16.0. The number of amides is 4. The van der Waals surface area contributed by atoms with Gasteiger partial charge in [0.05, 0.1) is 55.0 Å². The number of nitrogens with zero attached hydrogens (tertiary/aromatic N) is 6. The number of alkyl carbamates (subject to hydrolysis) is 1. The molecule has 6 heterocycles. The second-order valence-corrected chi connectivity index (χ2v) is 20.4. The first-order valence-electron chi connectivity index (χ1n) is 24.5. The number of hydrogen-bond donors (Lipinski definition) is 6. The average molecular weight is 1130 g/mol. The molecule has 6 unspecified atom stereocenters. The Morgan fingerprint density at radius 1 is 0.823 bits per heavy atom. The first kappa shape index (κ1) is 59.4. The minimum atomic E-state index is -5.28. The van der Waals surface area contributed by atoms with E-state index in [9.17, 15) is 64.5 Å². The Bertz CT molecular complexity index is 2870. The van der Waals surface area contributed by atoms with Crippen LogP contribution in [-0.2, 0) is 32.0 Å². The van der Waals surface area contributed by atoms with Crippen LogP contribution >= 0.6 is 0 Å². The second-order valence-electron chi connectivity index (χ2n) is 20.4. The zero-order chi connectivity index (χ0) is 57.9. The molecule has 4 aliphatic heterocycles. The van der Waals surface area contributed by atoms with Crippen LogP contribution < -0.4 is 26.3 Å². The van der Waals surface area contributed by atoms with Crippen molar-refractivity contribution in [3.63, 3.8) is 0 Å². The van der Waals surface area contributed by atoms with Crippen molar-refractivity contribution in [1.82, 2.24) is 46.0 Å². The summed E-state index contributed by atoms with van der Waals surface area (Å²) in [6.07, 6.45) is -13.1. The van der Waals surface area contributed by atoms with Crippen LogP contribution in [0.5, 0.6) is 0 Å². The summed E-state index contributed by atoms with van der Waals surface area (Å²) in [7, 11) is 0.811. The van der Waals surface area contributed by atoms with E-state index in [2.05, 4.69) is 41.8 Å². The van der Waals surface area contributed by atoms with Crippen molar-refractivity contribution in [2.45, 2.75) is 108 Å². The predicted molar refractivity (Wildman–Crippen MR) is 260 cm³/mol. The molecule has 4 amide bonds. The number of alkyl halides is 8. The van der Waals surface area contributed by atoms with Crippen molar-refractivity contribution in [2.75, 3.05) is 44.9 Å². The van der Waals surface area contributed by atoms with Crippen LogP contribution in [0.15, 0.2) is 67.0 Å². The van der Waals surface area contributed by atoms with Crippen LogP contribution in [0.3, 0.4) is 0 Å². The SMILES string of the molecule is COC(=O)NC(C(=O)NC(Cc1ccc(C#Cc2ccc(N3CC4CC(C3)N4C3COC3)nc2)cc1)C(O)CN(Cc1c(F)cc(-c2ccn(C(F)F)n2)cc1F)NC(=O)C(NC(=O)O)C(C)(C)C(F)(F)F)C(C)(C)C(F)(F)F. The molecule has 2 aromatic carbocycles. The molecule has 4 saturated heterocycles. The first-order chi connectivity index (χ1) is 37.0. The van der Waals surface area contributed by atoms with Crippen LogP contribution in [0.4, 0.5) is 59.3 Å². The number of hydrogen-bond acceptors (Lipinski definition) is 12. The molecular weight excluding hydrogens is 1070 g/mol. The quantitative estimate of drug-likeness (QED) is 0.0354. The number of aliphatic hydroxyl groups excluding tert-OH is 1. The topological polar surface area (TPSA) is 216 Å². The molecule has 6 atom stereocenters. The third-order valence-corrected chi connectivity index (χ3v) is 14.3. The van der Waals surface area contributed by atoms with Gasteiger partial charge in [-0.2, -0.15) is 40.2 Å². The number of ether oxygens (including phenoxy) is 2. The van der Waals surface area contributed by atoms with E-state index in [-0.39, 0.29) is 21.5 Å². The van der Waals surface area contributed by atoms with Gasteiger partial charge in [0.15, 0.2) is 0 Å². The zero-order valence-electron chi connectivity index (χ0n) is 42.9. The van der Waals surface area contributed by atoms with Crippen LogP contribution in [0.25, 0.3) is 11.3 Å². The highest BCUT2D eigenvalue weighted by Crippen LogP contribution is 2.42. The molecule has 79 heavy (non-hydrogen) atoms. The normalized spacial score (nSPS) is 18.5. The fourth-order valence-corrected chi connectivity index (χ4v) is 9.33. The van der Waals surface area contributed by atoms with E-state index >= 15 is 8.78 Å². The summed E-state index contributed by atoms with van der Waals surface area (Å²) in [5, 5.41) is 31.1. The number of carboxylic acid groups (broad SMARTS) is 1. The second kappa shape index (κ2) is 23.6. The molecule has 0 spiro atoms. The van der Waals surface area contributed by atoms with Gasteiger partial charge in [-0.25, -0.2) is 33.0 Å². The standard InChI is InChI=1S/C51H56F10N10O8/c1-48(2,50(56,57)58)41(65-47(77)78-5)43(73)63-38(16-28-9-6-27(7-10-28)8-11-29-12-13-40(62-20-29)68-21-31-19-32(22-68)71(31)33-25-79-26-33)39(72)24-69(67-44(74)42(64-46(75)76)49(3,4)51(59,60)61)23-34-35(52)17-30(18-36(34)53)37-14-15-70(66-37)45(54)55/h6-7,9-10,12-15,17-18,20,31-33,38-39,41-42,45,64,72H,16,19,21-26H2,1-5H3,(H,63,73)(H,65,77)(H,67,74)(H,75,76). The number of pyridine rings is 1. The first-order valence-corrected chi connectivity index (χ1v) is 24.5. The van der Waals surface area contributed by atoms with Gasteiger partial charge in [-0.3, -0.25) is 19.9 Å². The summed E-state index contributed by atoms with van der Waals surface area (Å²) in [4.78, 5) is 61.4. The maximum atomic E-state index is 16.0. The largest absolute Gasteiger partial charge is 0.465 e. The number of piperidine rings is 1. The number of aromatic nitrogens is 3. The number of hydrazine groups is 1. The molecule has 2 aromatic heterocycles. The van der Waals surface area contributed by atoms with Crippen molar-refractivity contribution in [3.8, 4) is 23.1 Å². The van der Waals surface area contributed by atoms with Crippen LogP contribution in [0.1, 0.15) is 62.9 Å². The highest BCUT2D eigenvalue weighted by Gasteiger charge is 2.57. The predicted octanol–water partition coefficient (Wildman–Crippen LogP) is 6.14. The van der Waals surface area contributed by atoms with Gasteiger partial charge < -0.3 is 40.5 Å². The van der Waals surface area contributed by atoms with Crippen LogP contribution in [0.2, 0.25) is 0 Å². The van der Waals surface area contributed by atoms with Gasteiger partial charge in [-0.15, -0.1) is 0 Å². The third kappa shape index (κ3) is 13.6. The minimum Gasteiger partial charge on any atom is -0.465 e. The van der Waals surface area contributed by atoms with Crippen molar-refractivity contribution in [2.24, 2.45) is 10.8 Å². The van der Waals surface area contributed by atoms with Gasteiger partial charge in [0.1, 0.15) is 29.5 Å². The molecule has 6 N–H and O–H groups in total. The molecule has 428 valence electrons. The average Bonchev–Trinajstić information content (AvgIpc) is 4.06. The monoisotopic (exact) mass is 1130 g/mol. The van der Waals surface area contributed by atoms with Gasteiger partial charge in [0, 0.05) is 72.9 Å². The van der Waals surface area contributed by atoms with E-state index in [0.717, 1.165) is 57.9 Å². The summed E-state index contributed by atoms with van der Waals surface area (Å²) in [6, 6.07) is 6.34. The lowest BCUT2D eigenvalue weighted by molar-refractivity contribution is -0.221. The lowest BCUT2D eigenvalue weighted by Crippen LogP contribution is -2.74.